The molecule has 9 heteroatoms. The summed E-state index contributed by atoms with van der Waals surface area (Å²) in [6.07, 6.45) is 3.17. The molecule has 0 heterocycles. The van der Waals surface area contributed by atoms with E-state index in [4.69, 9.17) is 0 Å². The van der Waals surface area contributed by atoms with E-state index in [0.29, 0.717) is 0 Å². The first kappa shape index (κ1) is 125. The Balaban J connectivity index is -0.000000000404. The van der Waals surface area contributed by atoms with Gasteiger partial charge in [-0.15, -0.1) is 0 Å². The van der Waals surface area contributed by atoms with Gasteiger partial charge in [0.05, 0.1) is 0 Å². The van der Waals surface area contributed by atoms with E-state index in [1.54, 1.807) is 12.5 Å². The molecule has 0 aliphatic carbocycles. The van der Waals surface area contributed by atoms with Crippen LogP contribution in [0.5, 0.6) is 0 Å². The molecule has 0 nitrogen and oxygen atoms in total. The first-order valence-corrected chi connectivity index (χ1v) is 2.45. The van der Waals surface area contributed by atoms with Gasteiger partial charge in [-0.3, -0.25) is 0 Å². The molecule has 0 N–H and O–H groups in total. The minimum Gasteiger partial charge on any atom is -0.813 e. The van der Waals surface area contributed by atoms with E-state index < -0.39 is 0 Å². The Morgan fingerprint density at radius 3 is 0.538 bits per heavy atom. The maximum absolute atomic E-state index is 4.08. The van der Waals surface area contributed by atoms with Crippen LogP contribution in [0.1, 0.15) is 0 Å². The van der Waals surface area contributed by atoms with Crippen LogP contribution in [0.2, 0.25) is 0 Å². The normalized spacial score (nSPS) is 0.923. The number of rotatable bonds is 0. The molecule has 0 radical (unpaired) electrons. The van der Waals surface area contributed by atoms with E-state index in [1.165, 1.54) is 0 Å². The van der Waals surface area contributed by atoms with Crippen molar-refractivity contribution in [1.29, 1.82) is 0 Å². The Morgan fingerprint density at radius 2 is 0.538 bits per heavy atom. The van der Waals surface area contributed by atoms with Gasteiger partial charge in [0.15, 0.2) is 0 Å². The molecule has 0 unspecified atom stereocenters. The standard InChI is InChI=1S/2CH4S.2CH3.Mo.2Ni.4H2S/c2*1-2;;;;;;;;;/h2*2H,1H3;2*1H3;;;;4*1H2/q;;2*-1;+4;2*+2;;;;/p-6. The van der Waals surface area contributed by atoms with Crippen molar-refractivity contribution in [3.8, 4) is 0 Å². The van der Waals surface area contributed by atoms with Crippen LogP contribution in [0.15, 0.2) is 0 Å². The largest absolute Gasteiger partial charge is 4.00 e. The van der Waals surface area contributed by atoms with Crippen LogP contribution in [0, 0.1) is 14.9 Å². The summed E-state index contributed by atoms with van der Waals surface area (Å²) < 4.78 is 0. The molecule has 13 heavy (non-hydrogen) atoms. The first-order chi connectivity index (χ1) is 2.00. The fourth-order valence-electron chi connectivity index (χ4n) is 0. The molecule has 0 bridgehead atoms. The number of hydrogen-bond acceptors (Lipinski definition) is 6. The predicted molar refractivity (Wildman–Crippen MR) is 74.4 cm³/mol. The molecule has 0 aromatic rings. The Morgan fingerprint density at radius 1 is 0.538 bits per heavy atom. The summed E-state index contributed by atoms with van der Waals surface area (Å²) in [5.74, 6) is 0. The van der Waals surface area contributed by atoms with E-state index in [0.717, 1.165) is 0 Å². The van der Waals surface area contributed by atoms with Crippen LogP contribution < -0.4 is 0 Å². The van der Waals surface area contributed by atoms with Gasteiger partial charge in [0, 0.05) is 0 Å². The molecule has 0 spiro atoms. The molecule has 0 saturated heterocycles. The SMILES string of the molecule is C[S-].C[S-].[CH3-].[CH3-].[Mo+4].[Ni+2].[Ni+2].[SH-].[SH-].[SH-].[SH-]. The maximum Gasteiger partial charge on any atom is 4.00 e. The zero-order valence-electron chi connectivity index (χ0n) is 7.65. The molecular formula is C4H16MoNi2S6. The molecule has 0 amide bonds. The molecule has 0 aromatic heterocycles. The fraction of sp³-hybridized carbons (Fsp3) is 0.500. The molecule has 0 fully saturated rings. The van der Waals surface area contributed by atoms with E-state index in [-0.39, 0.29) is 123 Å². The summed E-state index contributed by atoms with van der Waals surface area (Å²) in [6, 6.07) is 0. The van der Waals surface area contributed by atoms with Crippen LogP contribution in [-0.2, 0) is 133 Å². The Hall–Kier alpha value is 3.78. The number of hydrogen-bond donors (Lipinski definition) is 0. The third kappa shape index (κ3) is 210. The van der Waals surface area contributed by atoms with E-state index >= 15 is 0 Å². The molecule has 0 aliphatic rings. The van der Waals surface area contributed by atoms with Gasteiger partial charge in [-0.05, 0) is 0 Å². The van der Waals surface area contributed by atoms with E-state index in [1.807, 2.05) is 0 Å². The fourth-order valence-corrected chi connectivity index (χ4v) is 0. The van der Waals surface area contributed by atoms with Crippen LogP contribution >= 0.6 is 0 Å². The van der Waals surface area contributed by atoms with Crippen LogP contribution in [0.3, 0.4) is 0 Å². The van der Waals surface area contributed by atoms with Crippen molar-refractivity contribution in [2.75, 3.05) is 12.5 Å². The van der Waals surface area contributed by atoms with Crippen molar-refractivity contribution in [2.24, 2.45) is 0 Å². The van der Waals surface area contributed by atoms with Gasteiger partial charge in [-0.2, -0.15) is 12.5 Å². The summed E-state index contributed by atoms with van der Waals surface area (Å²) in [6.45, 7) is 0. The van der Waals surface area contributed by atoms with Gasteiger partial charge in [0.2, 0.25) is 0 Å². The van der Waals surface area contributed by atoms with Crippen molar-refractivity contribution in [3.05, 3.63) is 14.9 Å². The van der Waals surface area contributed by atoms with Crippen LogP contribution in [0.25, 0.3) is 0 Å². The molecule has 94 valence electrons. The summed E-state index contributed by atoms with van der Waals surface area (Å²) in [5.41, 5.74) is 0. The Kier molecular flexibility index (Phi) is 2330. The number of thiol groups is 4. The third-order valence-electron chi connectivity index (χ3n) is 0. The minimum absolute atomic E-state index is 0. The van der Waals surface area contributed by atoms with Gasteiger partial charge in [-0.1, -0.05) is 0 Å². The summed E-state index contributed by atoms with van der Waals surface area (Å²) >= 11 is 8.17. The van der Waals surface area contributed by atoms with Crippen LogP contribution in [0.4, 0.5) is 0 Å². The minimum atomic E-state index is 0. The van der Waals surface area contributed by atoms with Gasteiger partial charge in [0.1, 0.15) is 0 Å². The first-order valence-electron chi connectivity index (χ1n) is 0.816. The monoisotopic (exact) mass is 470 g/mol. The average molecular weight is 470 g/mol. The zero-order valence-corrected chi connectivity index (χ0v) is 16.8. The van der Waals surface area contributed by atoms with Crippen molar-refractivity contribution in [1.82, 2.24) is 0 Å². The summed E-state index contributed by atoms with van der Waals surface area (Å²) in [4.78, 5) is 0. The third-order valence-corrected chi connectivity index (χ3v) is 0. The molecule has 0 rings (SSSR count). The van der Waals surface area contributed by atoms with Crippen molar-refractivity contribution in [2.45, 2.75) is 0 Å². The molecular weight excluding hydrogens is 454 g/mol. The topological polar surface area (TPSA) is 0 Å². The van der Waals surface area contributed by atoms with Crippen molar-refractivity contribution >= 4 is 79.2 Å². The van der Waals surface area contributed by atoms with Crippen molar-refractivity contribution < 1.29 is 54.0 Å². The average Bonchev–Trinajstić information content (AvgIpc) is 1.50. The molecule has 0 aliphatic heterocycles. The van der Waals surface area contributed by atoms with Gasteiger partial charge in [0.25, 0.3) is 0 Å². The smallest absolute Gasteiger partial charge is 0.813 e. The van der Waals surface area contributed by atoms with Gasteiger partial charge in [-0.25, -0.2) is 0 Å². The Labute approximate surface area is 158 Å². The van der Waals surface area contributed by atoms with E-state index in [2.05, 4.69) is 25.3 Å². The summed E-state index contributed by atoms with van der Waals surface area (Å²) in [7, 11) is 0. The second-order valence-corrected chi connectivity index (χ2v) is 0. The maximum atomic E-state index is 4.08. The summed E-state index contributed by atoms with van der Waals surface area (Å²) in [5, 5.41) is 0. The molecule has 0 aromatic carbocycles. The molecule has 0 atom stereocenters. The second-order valence-electron chi connectivity index (χ2n) is 0. The van der Waals surface area contributed by atoms with E-state index in [9.17, 15) is 0 Å². The van der Waals surface area contributed by atoms with Gasteiger partial charge < -0.3 is 94.1 Å². The second kappa shape index (κ2) is 242. The Bertz CT molecular complexity index is 22.6. The van der Waals surface area contributed by atoms with Crippen LogP contribution in [-0.4, -0.2) is 12.5 Å². The predicted octanol–water partition coefficient (Wildman–Crippen LogP) is 0.139. The van der Waals surface area contributed by atoms with Crippen molar-refractivity contribution in [3.63, 3.8) is 0 Å². The van der Waals surface area contributed by atoms with Gasteiger partial charge >= 0.3 is 54.0 Å². The molecule has 0 saturated carbocycles. The quantitative estimate of drug-likeness (QED) is 0.213. The zero-order chi connectivity index (χ0) is 4.00.